The molecule has 0 bridgehead atoms. The summed E-state index contributed by atoms with van der Waals surface area (Å²) in [5, 5.41) is 14.1. The van der Waals surface area contributed by atoms with Crippen LogP contribution in [0.25, 0.3) is 0 Å². The smallest absolute Gasteiger partial charge is 0.268 e. The van der Waals surface area contributed by atoms with Gasteiger partial charge in [-0.05, 0) is 38.5 Å². The third-order valence-corrected chi connectivity index (χ3v) is 16.2. The van der Waals surface area contributed by atoms with Crippen molar-refractivity contribution in [3.8, 4) is 0 Å². The van der Waals surface area contributed by atoms with Crippen LogP contribution in [0.5, 0.6) is 0 Å². The van der Waals surface area contributed by atoms with Gasteiger partial charge in [-0.15, -0.1) is 0 Å². The topological polar surface area (TPSA) is 108 Å². The SMILES string of the molecule is CCCCCCCCCC/C=C\CCCCCCCCCCCCCCCCCCCCCC(=O)NC(COP(=O)([O-])OCC[N+](C)(C)C)C(O)CCCCCCCCCCCCCCCCCCCCCC. The lowest BCUT2D eigenvalue weighted by molar-refractivity contribution is -0.870. The first-order valence-electron chi connectivity index (χ1n) is 32.5. The van der Waals surface area contributed by atoms with Gasteiger partial charge in [0.2, 0.25) is 5.91 Å². The molecule has 9 heteroatoms. The van der Waals surface area contributed by atoms with E-state index in [1.807, 2.05) is 21.1 Å². The zero-order chi connectivity index (χ0) is 53.5. The van der Waals surface area contributed by atoms with Crippen LogP contribution in [0.4, 0.5) is 0 Å². The normalized spacial score (nSPS) is 13.8. The quantitative estimate of drug-likeness (QED) is 0.0272. The predicted octanol–water partition coefficient (Wildman–Crippen LogP) is 19.5. The average molecular weight is 1050 g/mol. The fraction of sp³-hybridized carbons (Fsp3) is 0.953. The second-order valence-corrected chi connectivity index (χ2v) is 25.2. The van der Waals surface area contributed by atoms with Gasteiger partial charge in [-0.2, -0.15) is 0 Å². The lowest BCUT2D eigenvalue weighted by Gasteiger charge is -2.30. The van der Waals surface area contributed by atoms with Gasteiger partial charge in [0.15, 0.2) is 0 Å². The van der Waals surface area contributed by atoms with Crippen molar-refractivity contribution >= 4 is 13.7 Å². The van der Waals surface area contributed by atoms with Gasteiger partial charge in [-0.25, -0.2) is 0 Å². The fourth-order valence-corrected chi connectivity index (χ4v) is 10.9. The molecule has 0 fully saturated rings. The summed E-state index contributed by atoms with van der Waals surface area (Å²) in [4.78, 5) is 25.6. The third kappa shape index (κ3) is 58.8. The van der Waals surface area contributed by atoms with E-state index in [2.05, 4.69) is 31.3 Å². The van der Waals surface area contributed by atoms with Crippen molar-refractivity contribution in [2.24, 2.45) is 0 Å². The molecule has 3 unspecified atom stereocenters. The average Bonchev–Trinajstić information content (AvgIpc) is 3.35. The molecule has 8 nitrogen and oxygen atoms in total. The number of phosphoric acid groups is 1. The molecule has 73 heavy (non-hydrogen) atoms. The van der Waals surface area contributed by atoms with E-state index in [9.17, 15) is 19.4 Å². The van der Waals surface area contributed by atoms with Gasteiger partial charge in [-0.1, -0.05) is 309 Å². The number of carbonyl (C=O) groups excluding carboxylic acids is 1. The number of aliphatic hydroxyl groups excluding tert-OH is 1. The predicted molar refractivity (Wildman–Crippen MR) is 316 cm³/mol. The number of hydrogen-bond acceptors (Lipinski definition) is 6. The van der Waals surface area contributed by atoms with Gasteiger partial charge in [0.1, 0.15) is 13.2 Å². The van der Waals surface area contributed by atoms with E-state index in [-0.39, 0.29) is 19.1 Å². The summed E-state index contributed by atoms with van der Waals surface area (Å²) >= 11 is 0. The Morgan fingerprint density at radius 1 is 0.466 bits per heavy atom. The number of phosphoric ester groups is 1. The summed E-state index contributed by atoms with van der Waals surface area (Å²) in [6.07, 6.45) is 69.8. The third-order valence-electron chi connectivity index (χ3n) is 15.3. The summed E-state index contributed by atoms with van der Waals surface area (Å²) in [7, 11) is 1.32. The van der Waals surface area contributed by atoms with E-state index >= 15 is 0 Å². The van der Waals surface area contributed by atoms with E-state index in [0.29, 0.717) is 23.9 Å². The number of carbonyl (C=O) groups is 1. The highest BCUT2D eigenvalue weighted by molar-refractivity contribution is 7.45. The monoisotopic (exact) mass is 1050 g/mol. The lowest BCUT2D eigenvalue weighted by atomic mass is 10.0. The molecule has 0 aliphatic heterocycles. The Kier molecular flexibility index (Phi) is 55.4. The van der Waals surface area contributed by atoms with Crippen molar-refractivity contribution in [3.63, 3.8) is 0 Å². The first-order valence-corrected chi connectivity index (χ1v) is 34.0. The minimum Gasteiger partial charge on any atom is -0.756 e. The molecule has 0 heterocycles. The summed E-state index contributed by atoms with van der Waals surface area (Å²) in [5.74, 6) is -0.156. The van der Waals surface area contributed by atoms with Crippen LogP contribution in [0.3, 0.4) is 0 Å². The summed E-state index contributed by atoms with van der Waals surface area (Å²) in [5.41, 5.74) is 0. The molecule has 0 aromatic carbocycles. The van der Waals surface area contributed by atoms with E-state index in [4.69, 9.17) is 9.05 Å². The van der Waals surface area contributed by atoms with Gasteiger partial charge in [-0.3, -0.25) is 9.36 Å². The molecule has 1 amide bonds. The minimum absolute atomic E-state index is 0.0157. The van der Waals surface area contributed by atoms with Crippen LogP contribution >= 0.6 is 7.82 Å². The number of unbranched alkanes of at least 4 members (excludes halogenated alkanes) is 46. The van der Waals surface area contributed by atoms with Crippen molar-refractivity contribution < 1.29 is 32.9 Å². The maximum absolute atomic E-state index is 13.0. The van der Waals surface area contributed by atoms with Gasteiger partial charge < -0.3 is 28.8 Å². The van der Waals surface area contributed by atoms with Gasteiger partial charge in [0.25, 0.3) is 7.82 Å². The number of rotatable bonds is 61. The Balaban J connectivity index is 4.01. The number of nitrogens with one attached hydrogen (secondary N) is 1. The number of allylic oxidation sites excluding steroid dienone is 2. The number of amides is 1. The lowest BCUT2D eigenvalue weighted by Crippen LogP contribution is -2.46. The van der Waals surface area contributed by atoms with Gasteiger partial charge >= 0.3 is 0 Å². The van der Waals surface area contributed by atoms with Crippen molar-refractivity contribution in [1.82, 2.24) is 5.32 Å². The van der Waals surface area contributed by atoms with E-state index in [1.54, 1.807) is 0 Å². The van der Waals surface area contributed by atoms with E-state index in [1.165, 1.54) is 276 Å². The zero-order valence-corrected chi connectivity index (χ0v) is 50.8. The standard InChI is InChI=1S/C64H129N2O6P/c1-6-8-10-12-14-16-18-20-22-24-26-28-29-30-31-32-33-34-35-36-37-38-40-42-44-46-48-50-52-54-56-58-64(68)65-62(61-72-73(69,70)71-60-59-66(3,4)5)63(67)57-55-53-51-49-47-45-43-41-39-27-25-23-21-19-17-15-13-11-9-7-2/h24,26,62-63,67H,6-23,25,27-61H2,1-5H3,(H-,65,68,69,70)/b26-24-. The summed E-state index contributed by atoms with van der Waals surface area (Å²) < 4.78 is 23.5. The maximum Gasteiger partial charge on any atom is 0.268 e. The number of nitrogens with zero attached hydrogens (tertiary/aromatic N) is 1. The molecule has 436 valence electrons. The highest BCUT2D eigenvalue weighted by Gasteiger charge is 2.24. The van der Waals surface area contributed by atoms with Crippen LogP contribution in [0, 0.1) is 0 Å². The van der Waals surface area contributed by atoms with Crippen molar-refractivity contribution in [1.29, 1.82) is 0 Å². The maximum atomic E-state index is 13.0. The second kappa shape index (κ2) is 56.0. The summed E-state index contributed by atoms with van der Waals surface area (Å²) in [6, 6.07) is -0.797. The van der Waals surface area contributed by atoms with Crippen LogP contribution in [-0.4, -0.2) is 68.5 Å². The number of hydrogen-bond donors (Lipinski definition) is 2. The molecule has 0 aromatic heterocycles. The highest BCUT2D eigenvalue weighted by Crippen LogP contribution is 2.38. The van der Waals surface area contributed by atoms with Crippen LogP contribution < -0.4 is 10.2 Å². The molecule has 0 spiro atoms. The Morgan fingerprint density at radius 2 is 0.753 bits per heavy atom. The minimum atomic E-state index is -4.57. The molecule has 0 aromatic rings. The van der Waals surface area contributed by atoms with Crippen molar-refractivity contribution in [2.45, 2.75) is 353 Å². The molecule has 0 aliphatic carbocycles. The van der Waals surface area contributed by atoms with Gasteiger partial charge in [0, 0.05) is 6.42 Å². The Hall–Kier alpha value is -0.760. The molecule has 3 atom stereocenters. The molecular formula is C64H129N2O6P. The Labute approximate surface area is 456 Å². The molecule has 0 rings (SSSR count). The van der Waals surface area contributed by atoms with Crippen LogP contribution in [0.1, 0.15) is 341 Å². The van der Waals surface area contributed by atoms with E-state index in [0.717, 1.165) is 38.5 Å². The Bertz CT molecular complexity index is 1200. The summed E-state index contributed by atoms with van der Waals surface area (Å²) in [6.45, 7) is 4.78. The zero-order valence-electron chi connectivity index (χ0n) is 49.9. The Morgan fingerprint density at radius 3 is 1.07 bits per heavy atom. The molecular weight excluding hydrogens is 924 g/mol. The second-order valence-electron chi connectivity index (χ2n) is 23.8. The van der Waals surface area contributed by atoms with E-state index < -0.39 is 20.0 Å². The molecule has 0 aliphatic rings. The fourth-order valence-electron chi connectivity index (χ4n) is 10.2. The first-order chi connectivity index (χ1) is 35.5. The molecule has 0 saturated carbocycles. The van der Waals surface area contributed by atoms with Crippen LogP contribution in [0.15, 0.2) is 12.2 Å². The molecule has 0 radical (unpaired) electrons. The van der Waals surface area contributed by atoms with Crippen molar-refractivity contribution in [2.75, 3.05) is 40.9 Å². The highest BCUT2D eigenvalue weighted by atomic mass is 31.2. The van der Waals surface area contributed by atoms with Gasteiger partial charge in [0.05, 0.1) is 39.9 Å². The first kappa shape index (κ1) is 72.2. The number of quaternary nitrogens is 1. The van der Waals surface area contributed by atoms with Crippen molar-refractivity contribution in [3.05, 3.63) is 12.2 Å². The number of likely N-dealkylation sites (N-methyl/N-ethyl adjacent to an activating group) is 1. The largest absolute Gasteiger partial charge is 0.756 e. The molecule has 2 N–H and O–H groups in total. The molecule has 0 saturated heterocycles. The van der Waals surface area contributed by atoms with Crippen LogP contribution in [0.2, 0.25) is 0 Å². The van der Waals surface area contributed by atoms with Crippen LogP contribution in [-0.2, 0) is 18.4 Å². The number of aliphatic hydroxyl groups is 1.